The van der Waals surface area contributed by atoms with Crippen molar-refractivity contribution in [3.63, 3.8) is 0 Å². The van der Waals surface area contributed by atoms with Crippen LogP contribution in [0.2, 0.25) is 0 Å². The van der Waals surface area contributed by atoms with Gasteiger partial charge in [-0.1, -0.05) is 19.3 Å². The van der Waals surface area contributed by atoms with Crippen molar-refractivity contribution in [2.45, 2.75) is 44.9 Å². The van der Waals surface area contributed by atoms with Crippen LogP contribution in [-0.4, -0.2) is 46.0 Å². The maximum Gasteiger partial charge on any atom is 0.185 e. The summed E-state index contributed by atoms with van der Waals surface area (Å²) in [5.41, 5.74) is -0.956. The Morgan fingerprint density at radius 2 is 1.00 bits per heavy atom. The molecule has 0 bridgehead atoms. The van der Waals surface area contributed by atoms with Crippen molar-refractivity contribution in [2.75, 3.05) is 0 Å². The minimum atomic E-state index is -0.849. The van der Waals surface area contributed by atoms with Crippen molar-refractivity contribution in [3.05, 3.63) is 0 Å². The lowest BCUT2D eigenvalue weighted by molar-refractivity contribution is -0.119. The quantitative estimate of drug-likeness (QED) is 0.534. The van der Waals surface area contributed by atoms with E-state index in [4.69, 9.17) is 21.6 Å². The molecule has 25 heavy (non-hydrogen) atoms. The van der Waals surface area contributed by atoms with E-state index in [1.54, 1.807) is 0 Å². The number of nitrogens with one attached hydrogen (secondary N) is 4. The Balaban J connectivity index is 1.81. The molecule has 2 unspecified atom stereocenters. The fraction of sp³-hybridized carbons (Fsp3) is 0.529. The SMILES string of the molecule is N=C1CC(=O)C(=N)C(CCCCCC2C(=N)C(=O)CC(=N)C2=O)C1=O. The van der Waals surface area contributed by atoms with Gasteiger partial charge in [-0.15, -0.1) is 0 Å². The van der Waals surface area contributed by atoms with E-state index in [1.165, 1.54) is 0 Å². The molecule has 8 nitrogen and oxygen atoms in total. The normalized spacial score (nSPS) is 25.1. The highest BCUT2D eigenvalue weighted by atomic mass is 16.1. The molecule has 0 aromatic carbocycles. The fourth-order valence-corrected chi connectivity index (χ4v) is 3.18. The maximum absolute atomic E-state index is 11.9. The first-order valence-electron chi connectivity index (χ1n) is 8.20. The van der Waals surface area contributed by atoms with E-state index >= 15 is 0 Å². The zero-order valence-electron chi connectivity index (χ0n) is 13.7. The summed E-state index contributed by atoms with van der Waals surface area (Å²) in [6.07, 6.45) is 1.71. The molecule has 2 aliphatic rings. The Labute approximate surface area is 144 Å². The van der Waals surface area contributed by atoms with Crippen LogP contribution in [-0.2, 0) is 19.2 Å². The van der Waals surface area contributed by atoms with Crippen LogP contribution in [0.15, 0.2) is 0 Å². The molecule has 0 radical (unpaired) electrons. The smallest absolute Gasteiger partial charge is 0.185 e. The van der Waals surface area contributed by atoms with Gasteiger partial charge in [0, 0.05) is 0 Å². The molecule has 0 spiro atoms. The van der Waals surface area contributed by atoms with Gasteiger partial charge in [0.15, 0.2) is 23.1 Å². The van der Waals surface area contributed by atoms with Crippen LogP contribution in [0, 0.1) is 33.5 Å². The average Bonchev–Trinajstić information content (AvgIpc) is 2.56. The zero-order valence-corrected chi connectivity index (χ0v) is 13.7. The standard InChI is InChI=1S/C17H20N4O4/c18-10-6-12(22)14(20)8(16(10)24)4-2-1-3-5-9-15(21)13(23)7-11(19)17(9)25/h8-9,18-21H,1-7H2. The largest absolute Gasteiger partial charge is 0.301 e. The molecule has 2 rings (SSSR count). The molecule has 0 aromatic heterocycles. The highest BCUT2D eigenvalue weighted by molar-refractivity contribution is 6.61. The first kappa shape index (κ1) is 18.7. The van der Waals surface area contributed by atoms with Gasteiger partial charge >= 0.3 is 0 Å². The summed E-state index contributed by atoms with van der Waals surface area (Å²) in [6.45, 7) is 0. The molecule has 0 aliphatic heterocycles. The van der Waals surface area contributed by atoms with Crippen molar-refractivity contribution in [1.29, 1.82) is 21.6 Å². The molecular weight excluding hydrogens is 324 g/mol. The number of ketones is 4. The Morgan fingerprint density at radius 3 is 1.36 bits per heavy atom. The number of hydrogen-bond acceptors (Lipinski definition) is 8. The molecule has 2 saturated carbocycles. The zero-order chi connectivity index (χ0) is 18.7. The van der Waals surface area contributed by atoms with Gasteiger partial charge < -0.3 is 21.6 Å². The molecule has 132 valence electrons. The summed E-state index contributed by atoms with van der Waals surface area (Å²) in [6, 6.07) is 0. The number of rotatable bonds is 6. The van der Waals surface area contributed by atoms with Crippen molar-refractivity contribution >= 4 is 46.0 Å². The van der Waals surface area contributed by atoms with Crippen molar-refractivity contribution in [2.24, 2.45) is 11.8 Å². The van der Waals surface area contributed by atoms with Crippen LogP contribution in [0.4, 0.5) is 0 Å². The third kappa shape index (κ3) is 3.89. The molecule has 8 heteroatoms. The third-order valence-corrected chi connectivity index (χ3v) is 4.69. The van der Waals surface area contributed by atoms with Crippen molar-refractivity contribution < 1.29 is 19.2 Å². The highest BCUT2D eigenvalue weighted by Gasteiger charge is 2.37. The number of Topliss-reactive ketones (excluding diaryl/α,β-unsaturated/α-hetero) is 4. The summed E-state index contributed by atoms with van der Waals surface area (Å²) in [7, 11) is 0. The molecule has 2 fully saturated rings. The lowest BCUT2D eigenvalue weighted by atomic mass is 9.79. The summed E-state index contributed by atoms with van der Waals surface area (Å²) in [5, 5.41) is 30.4. The highest BCUT2D eigenvalue weighted by Crippen LogP contribution is 2.23. The Kier molecular flexibility index (Phi) is 5.61. The monoisotopic (exact) mass is 344 g/mol. The Hall–Kier alpha value is -2.64. The molecule has 0 heterocycles. The van der Waals surface area contributed by atoms with E-state index in [0.717, 1.165) is 0 Å². The molecule has 0 saturated heterocycles. The first-order chi connectivity index (χ1) is 11.7. The number of carbonyl (C=O) groups is 4. The van der Waals surface area contributed by atoms with E-state index in [0.29, 0.717) is 32.1 Å². The van der Waals surface area contributed by atoms with Crippen LogP contribution in [0.1, 0.15) is 44.9 Å². The predicted octanol–water partition coefficient (Wildman–Crippen LogP) is 1.33. The van der Waals surface area contributed by atoms with Crippen LogP contribution in [0.5, 0.6) is 0 Å². The lowest BCUT2D eigenvalue weighted by Crippen LogP contribution is -2.41. The van der Waals surface area contributed by atoms with E-state index in [1.807, 2.05) is 0 Å². The molecular formula is C17H20N4O4. The molecule has 0 aromatic rings. The number of unbranched alkanes of at least 4 members (excludes halogenated alkanes) is 2. The lowest BCUT2D eigenvalue weighted by Gasteiger charge is -2.22. The minimum absolute atomic E-state index is 0.232. The third-order valence-electron chi connectivity index (χ3n) is 4.69. The fourth-order valence-electron chi connectivity index (χ4n) is 3.18. The Bertz CT molecular complexity index is 610. The maximum atomic E-state index is 11.9. The van der Waals surface area contributed by atoms with Crippen LogP contribution in [0.25, 0.3) is 0 Å². The van der Waals surface area contributed by atoms with Gasteiger partial charge in [0.05, 0.1) is 47.5 Å². The molecule has 0 amide bonds. The second-order valence-corrected chi connectivity index (χ2v) is 6.46. The van der Waals surface area contributed by atoms with Gasteiger partial charge in [-0.2, -0.15) is 0 Å². The first-order valence-corrected chi connectivity index (χ1v) is 8.20. The molecule has 2 atom stereocenters. The summed E-state index contributed by atoms with van der Waals surface area (Å²) < 4.78 is 0. The number of carbonyl (C=O) groups excluding carboxylic acids is 4. The predicted molar refractivity (Wildman–Crippen MR) is 90.2 cm³/mol. The summed E-state index contributed by atoms with van der Waals surface area (Å²) >= 11 is 0. The number of hydrogen-bond donors (Lipinski definition) is 4. The summed E-state index contributed by atoms with van der Waals surface area (Å²) in [4.78, 5) is 46.9. The van der Waals surface area contributed by atoms with E-state index in [9.17, 15) is 19.2 Å². The van der Waals surface area contributed by atoms with Crippen LogP contribution in [0.3, 0.4) is 0 Å². The second kappa shape index (κ2) is 7.50. The average molecular weight is 344 g/mol. The van der Waals surface area contributed by atoms with E-state index < -0.39 is 35.0 Å². The van der Waals surface area contributed by atoms with Gasteiger partial charge in [-0.05, 0) is 12.8 Å². The molecule has 4 N–H and O–H groups in total. The van der Waals surface area contributed by atoms with Gasteiger partial charge in [0.25, 0.3) is 0 Å². The minimum Gasteiger partial charge on any atom is -0.301 e. The Morgan fingerprint density at radius 1 is 0.640 bits per heavy atom. The van der Waals surface area contributed by atoms with Crippen LogP contribution < -0.4 is 0 Å². The van der Waals surface area contributed by atoms with Crippen molar-refractivity contribution in [3.8, 4) is 0 Å². The van der Waals surface area contributed by atoms with Crippen molar-refractivity contribution in [1.82, 2.24) is 0 Å². The summed E-state index contributed by atoms with van der Waals surface area (Å²) in [5.74, 6) is -3.59. The van der Waals surface area contributed by atoms with Gasteiger partial charge in [0.1, 0.15) is 0 Å². The van der Waals surface area contributed by atoms with Crippen LogP contribution >= 0.6 is 0 Å². The topological polar surface area (TPSA) is 164 Å². The second-order valence-electron chi connectivity index (χ2n) is 6.46. The van der Waals surface area contributed by atoms with Gasteiger partial charge in [0.2, 0.25) is 0 Å². The molecule has 2 aliphatic carbocycles. The van der Waals surface area contributed by atoms with Gasteiger partial charge in [-0.3, -0.25) is 19.2 Å². The van der Waals surface area contributed by atoms with E-state index in [2.05, 4.69) is 0 Å². The van der Waals surface area contributed by atoms with E-state index in [-0.39, 0.29) is 35.7 Å². The van der Waals surface area contributed by atoms with Gasteiger partial charge in [-0.25, -0.2) is 0 Å².